The molecule has 1 aliphatic heterocycles. The van der Waals surface area contributed by atoms with Crippen molar-refractivity contribution in [3.8, 4) is 0 Å². The smallest absolute Gasteiger partial charge is 0.247 e. The van der Waals surface area contributed by atoms with Crippen LogP contribution in [0.1, 0.15) is 28.2 Å². The number of amides is 2. The molecule has 1 aliphatic rings. The maximum Gasteiger partial charge on any atom is 0.247 e. The van der Waals surface area contributed by atoms with E-state index in [1.807, 2.05) is 121 Å². The maximum atomic E-state index is 14.2. The molecule has 0 aliphatic carbocycles. The van der Waals surface area contributed by atoms with Crippen molar-refractivity contribution in [3.05, 3.63) is 144 Å². The highest BCUT2D eigenvalue weighted by atomic mass is 16.2. The molecule has 1 heterocycles. The van der Waals surface area contributed by atoms with Gasteiger partial charge in [-0.25, -0.2) is 0 Å². The minimum absolute atomic E-state index is 0.0258. The molecule has 5 rings (SSSR count). The number of rotatable bonds is 7. The second-order valence-corrected chi connectivity index (χ2v) is 8.93. The fourth-order valence-electron chi connectivity index (χ4n) is 4.91. The molecule has 0 bridgehead atoms. The van der Waals surface area contributed by atoms with Crippen molar-refractivity contribution in [2.75, 3.05) is 6.54 Å². The Labute approximate surface area is 206 Å². The number of carbonyl (C=O) groups is 2. The highest BCUT2D eigenvalue weighted by Crippen LogP contribution is 2.35. The predicted octanol–water partition coefficient (Wildman–Crippen LogP) is 5.26. The second kappa shape index (κ2) is 10.4. The molecule has 1 unspecified atom stereocenters. The van der Waals surface area contributed by atoms with Crippen molar-refractivity contribution < 1.29 is 9.59 Å². The van der Waals surface area contributed by atoms with Crippen LogP contribution in [0.15, 0.2) is 121 Å². The minimum Gasteiger partial charge on any atom is -0.327 e. The van der Waals surface area contributed by atoms with Crippen LogP contribution >= 0.6 is 0 Å². The van der Waals surface area contributed by atoms with E-state index in [1.165, 1.54) is 0 Å². The molecule has 2 amide bonds. The zero-order valence-corrected chi connectivity index (χ0v) is 19.5. The van der Waals surface area contributed by atoms with Crippen LogP contribution < -0.4 is 0 Å². The van der Waals surface area contributed by atoms with E-state index in [-0.39, 0.29) is 24.3 Å². The molecule has 0 spiro atoms. The van der Waals surface area contributed by atoms with Crippen molar-refractivity contribution in [1.82, 2.24) is 9.80 Å². The topological polar surface area (TPSA) is 40.6 Å². The predicted molar refractivity (Wildman–Crippen MR) is 137 cm³/mol. The first-order chi connectivity index (χ1) is 17.2. The van der Waals surface area contributed by atoms with E-state index in [2.05, 4.69) is 0 Å². The van der Waals surface area contributed by atoms with E-state index in [4.69, 9.17) is 0 Å². The van der Waals surface area contributed by atoms with Gasteiger partial charge in [0.2, 0.25) is 11.8 Å². The Morgan fingerprint density at radius 1 is 0.600 bits per heavy atom. The van der Waals surface area contributed by atoms with Gasteiger partial charge in [0, 0.05) is 19.0 Å². The van der Waals surface area contributed by atoms with Crippen LogP contribution in [0.2, 0.25) is 0 Å². The molecule has 4 aromatic rings. The Morgan fingerprint density at radius 2 is 1.03 bits per heavy atom. The van der Waals surface area contributed by atoms with Gasteiger partial charge < -0.3 is 9.80 Å². The fourth-order valence-corrected chi connectivity index (χ4v) is 4.91. The summed E-state index contributed by atoms with van der Waals surface area (Å²) in [5, 5.41) is 0. The first-order valence-electron chi connectivity index (χ1n) is 12.0. The van der Waals surface area contributed by atoms with Crippen molar-refractivity contribution in [2.24, 2.45) is 0 Å². The van der Waals surface area contributed by atoms with Crippen molar-refractivity contribution in [1.29, 1.82) is 0 Å². The van der Waals surface area contributed by atoms with E-state index in [0.717, 1.165) is 22.3 Å². The van der Waals surface area contributed by atoms with Gasteiger partial charge in [0.25, 0.3) is 0 Å². The van der Waals surface area contributed by atoms with Crippen LogP contribution in [-0.4, -0.2) is 34.2 Å². The summed E-state index contributed by atoms with van der Waals surface area (Å²) in [5.74, 6) is -0.343. The molecule has 1 fully saturated rings. The summed E-state index contributed by atoms with van der Waals surface area (Å²) in [5.41, 5.74) is 4.06. The van der Waals surface area contributed by atoms with Crippen LogP contribution in [-0.2, 0) is 22.7 Å². The molecule has 4 heteroatoms. The molecule has 4 aromatic carbocycles. The van der Waals surface area contributed by atoms with Gasteiger partial charge in [0.15, 0.2) is 0 Å². The molecule has 0 N–H and O–H groups in total. The normalized spacial score (nSPS) is 16.1. The Kier molecular flexibility index (Phi) is 6.71. The first-order valence-corrected chi connectivity index (χ1v) is 12.0. The minimum atomic E-state index is -0.648. The second-order valence-electron chi connectivity index (χ2n) is 8.93. The van der Waals surface area contributed by atoms with E-state index < -0.39 is 6.04 Å². The largest absolute Gasteiger partial charge is 0.327 e. The lowest BCUT2D eigenvalue weighted by molar-refractivity contribution is -0.157. The molecule has 35 heavy (non-hydrogen) atoms. The van der Waals surface area contributed by atoms with Crippen molar-refractivity contribution in [2.45, 2.75) is 25.0 Å². The lowest BCUT2D eigenvalue weighted by atomic mass is 9.82. The Hall–Kier alpha value is -4.18. The number of carbonyl (C=O) groups excluding carboxylic acids is 2. The van der Waals surface area contributed by atoms with Crippen LogP contribution in [0.4, 0.5) is 0 Å². The summed E-state index contributed by atoms with van der Waals surface area (Å²) in [6, 6.07) is 39.2. The van der Waals surface area contributed by atoms with Crippen molar-refractivity contribution in [3.63, 3.8) is 0 Å². The SMILES string of the molecule is O=C1C(C(c2ccccc2)c2ccccc2)N(Cc2ccccc2)C(=O)CN1Cc1ccccc1. The zero-order valence-electron chi connectivity index (χ0n) is 19.5. The van der Waals surface area contributed by atoms with E-state index in [0.29, 0.717) is 13.1 Å². The van der Waals surface area contributed by atoms with Crippen LogP contribution in [0, 0.1) is 0 Å². The Bertz CT molecular complexity index is 1220. The molecular weight excluding hydrogens is 432 g/mol. The van der Waals surface area contributed by atoms with Gasteiger partial charge in [-0.3, -0.25) is 9.59 Å². The number of benzene rings is 4. The van der Waals surface area contributed by atoms with Gasteiger partial charge in [-0.1, -0.05) is 121 Å². The van der Waals surface area contributed by atoms with Gasteiger partial charge in [0.05, 0.1) is 0 Å². The molecule has 1 saturated heterocycles. The van der Waals surface area contributed by atoms with Gasteiger partial charge in [0.1, 0.15) is 12.6 Å². The van der Waals surface area contributed by atoms with E-state index in [1.54, 1.807) is 9.80 Å². The average Bonchev–Trinajstić information content (AvgIpc) is 2.91. The molecule has 4 nitrogen and oxygen atoms in total. The summed E-state index contributed by atoms with van der Waals surface area (Å²) in [4.78, 5) is 31.3. The van der Waals surface area contributed by atoms with E-state index in [9.17, 15) is 9.59 Å². The molecule has 174 valence electrons. The summed E-state index contributed by atoms with van der Waals surface area (Å²) >= 11 is 0. The van der Waals surface area contributed by atoms with Crippen LogP contribution in [0.3, 0.4) is 0 Å². The van der Waals surface area contributed by atoms with Gasteiger partial charge in [-0.05, 0) is 22.3 Å². The summed E-state index contributed by atoms with van der Waals surface area (Å²) in [6.45, 7) is 0.885. The molecule has 0 saturated carbocycles. The molecule has 0 aromatic heterocycles. The Morgan fingerprint density at radius 3 is 1.51 bits per heavy atom. The summed E-state index contributed by atoms with van der Waals surface area (Å²) in [6.07, 6.45) is 0. The highest BCUT2D eigenvalue weighted by molar-refractivity contribution is 5.96. The third kappa shape index (κ3) is 5.02. The standard InChI is InChI=1S/C31H28N2O2/c34-28-23-32(21-24-13-5-1-6-14-24)31(35)30(33(28)22-25-15-7-2-8-16-25)29(26-17-9-3-10-18-26)27-19-11-4-12-20-27/h1-20,29-30H,21-23H2. The first kappa shape index (κ1) is 22.6. The number of hydrogen-bond acceptors (Lipinski definition) is 2. The van der Waals surface area contributed by atoms with Crippen LogP contribution in [0.25, 0.3) is 0 Å². The Balaban J connectivity index is 1.59. The number of nitrogens with zero attached hydrogens (tertiary/aromatic N) is 2. The quantitative estimate of drug-likeness (QED) is 0.378. The van der Waals surface area contributed by atoms with Gasteiger partial charge in [-0.15, -0.1) is 0 Å². The van der Waals surface area contributed by atoms with Gasteiger partial charge in [-0.2, -0.15) is 0 Å². The highest BCUT2D eigenvalue weighted by Gasteiger charge is 2.44. The number of hydrogen-bond donors (Lipinski definition) is 0. The summed E-state index contributed by atoms with van der Waals surface area (Å²) < 4.78 is 0. The molecule has 1 atom stereocenters. The van der Waals surface area contributed by atoms with Gasteiger partial charge >= 0.3 is 0 Å². The third-order valence-electron chi connectivity index (χ3n) is 6.59. The summed E-state index contributed by atoms with van der Waals surface area (Å²) in [7, 11) is 0. The maximum absolute atomic E-state index is 14.2. The van der Waals surface area contributed by atoms with Crippen LogP contribution in [0.5, 0.6) is 0 Å². The lowest BCUT2D eigenvalue weighted by Crippen LogP contribution is -2.61. The lowest BCUT2D eigenvalue weighted by Gasteiger charge is -2.44. The number of piperazine rings is 1. The van der Waals surface area contributed by atoms with Crippen molar-refractivity contribution >= 4 is 11.8 Å². The zero-order chi connectivity index (χ0) is 24.0. The van der Waals surface area contributed by atoms with E-state index >= 15 is 0 Å². The third-order valence-corrected chi connectivity index (χ3v) is 6.59. The average molecular weight is 461 g/mol. The monoisotopic (exact) mass is 460 g/mol. The fraction of sp³-hybridized carbons (Fsp3) is 0.161. The molecular formula is C31H28N2O2. The molecule has 0 radical (unpaired) electrons.